The van der Waals surface area contributed by atoms with Crippen LogP contribution in [0.15, 0.2) is 18.2 Å². The minimum Gasteiger partial charge on any atom is -0.298 e. The Balaban J connectivity index is 3.09. The lowest BCUT2D eigenvalue weighted by atomic mass is 9.90. The summed E-state index contributed by atoms with van der Waals surface area (Å²) in [4.78, 5) is 11.0. The summed E-state index contributed by atoms with van der Waals surface area (Å²) >= 11 is 0. The molecule has 0 aromatic heterocycles. The van der Waals surface area contributed by atoms with Crippen molar-refractivity contribution >= 4 is 6.29 Å². The van der Waals surface area contributed by atoms with E-state index in [1.807, 2.05) is 12.1 Å². The molecule has 0 bridgehead atoms. The molecule has 0 saturated carbocycles. The van der Waals surface area contributed by atoms with Gasteiger partial charge in [0.15, 0.2) is 0 Å². The maximum Gasteiger partial charge on any atom is 0.150 e. The summed E-state index contributed by atoms with van der Waals surface area (Å²) in [5.74, 6) is 1.22. The summed E-state index contributed by atoms with van der Waals surface area (Å²) in [7, 11) is 0. The van der Waals surface area contributed by atoms with Gasteiger partial charge >= 0.3 is 0 Å². The molecule has 0 radical (unpaired) electrons. The lowest BCUT2D eigenvalue weighted by Gasteiger charge is -2.15. The molecule has 0 N–H and O–H groups in total. The molecule has 1 aromatic carbocycles. The molecule has 1 heteroatoms. The van der Waals surface area contributed by atoms with Gasteiger partial charge in [0.2, 0.25) is 0 Å². The van der Waals surface area contributed by atoms with Crippen molar-refractivity contribution < 1.29 is 4.79 Å². The number of hydrogen-bond donors (Lipinski definition) is 0. The van der Waals surface area contributed by atoms with E-state index in [0.29, 0.717) is 11.8 Å². The van der Waals surface area contributed by atoms with Crippen LogP contribution in [0.25, 0.3) is 0 Å². The molecule has 0 fully saturated rings. The second-order valence-electron chi connectivity index (χ2n) is 5.30. The average molecular weight is 218 g/mol. The molecular weight excluding hydrogens is 196 g/mol. The van der Waals surface area contributed by atoms with Crippen LogP contribution < -0.4 is 0 Å². The third-order valence-electron chi connectivity index (χ3n) is 2.68. The van der Waals surface area contributed by atoms with Crippen molar-refractivity contribution in [2.45, 2.75) is 40.5 Å². The van der Waals surface area contributed by atoms with E-state index in [4.69, 9.17) is 0 Å². The first-order chi connectivity index (χ1) is 7.54. The van der Waals surface area contributed by atoms with E-state index in [0.717, 1.165) is 24.7 Å². The van der Waals surface area contributed by atoms with Crippen LogP contribution in [0.3, 0.4) is 0 Å². The van der Waals surface area contributed by atoms with Gasteiger partial charge in [-0.15, -0.1) is 0 Å². The molecule has 0 aliphatic carbocycles. The standard InChI is InChI=1S/C15H22O/c1-11(2)8-13-6-5-7-14(10-16)15(13)9-12(3)4/h5-7,10-12H,8-9H2,1-4H3. The lowest BCUT2D eigenvalue weighted by Crippen LogP contribution is -2.06. The highest BCUT2D eigenvalue weighted by atomic mass is 16.1. The average Bonchev–Trinajstić information content (AvgIpc) is 2.19. The lowest BCUT2D eigenvalue weighted by molar-refractivity contribution is 0.112. The van der Waals surface area contributed by atoms with Crippen LogP contribution >= 0.6 is 0 Å². The predicted octanol–water partition coefficient (Wildman–Crippen LogP) is 3.90. The van der Waals surface area contributed by atoms with Gasteiger partial charge in [-0.05, 0) is 35.8 Å². The maximum atomic E-state index is 11.0. The molecule has 0 amide bonds. The Labute approximate surface area is 98.9 Å². The minimum absolute atomic E-state index is 0.590. The van der Waals surface area contributed by atoms with Gasteiger partial charge in [-0.3, -0.25) is 4.79 Å². The molecule has 0 aliphatic heterocycles. The molecule has 0 saturated heterocycles. The van der Waals surface area contributed by atoms with Crippen molar-refractivity contribution in [3.05, 3.63) is 34.9 Å². The zero-order valence-electron chi connectivity index (χ0n) is 10.8. The molecule has 1 aromatic rings. The van der Waals surface area contributed by atoms with Crippen molar-refractivity contribution in [2.24, 2.45) is 11.8 Å². The molecule has 0 aliphatic rings. The van der Waals surface area contributed by atoms with Crippen molar-refractivity contribution in [3.8, 4) is 0 Å². The molecule has 0 atom stereocenters. The van der Waals surface area contributed by atoms with Crippen LogP contribution in [-0.2, 0) is 12.8 Å². The third kappa shape index (κ3) is 3.48. The van der Waals surface area contributed by atoms with Crippen molar-refractivity contribution in [1.29, 1.82) is 0 Å². The number of aldehydes is 1. The fourth-order valence-corrected chi connectivity index (χ4v) is 2.05. The van der Waals surface area contributed by atoms with Gasteiger partial charge in [-0.25, -0.2) is 0 Å². The van der Waals surface area contributed by atoms with Crippen molar-refractivity contribution in [3.63, 3.8) is 0 Å². The molecule has 1 rings (SSSR count). The summed E-state index contributed by atoms with van der Waals surface area (Å²) < 4.78 is 0. The summed E-state index contributed by atoms with van der Waals surface area (Å²) in [5, 5.41) is 0. The Bertz CT molecular complexity index is 350. The fraction of sp³-hybridized carbons (Fsp3) is 0.533. The maximum absolute atomic E-state index is 11.0. The first-order valence-corrected chi connectivity index (χ1v) is 6.10. The normalized spacial score (nSPS) is 11.1. The van der Waals surface area contributed by atoms with Gasteiger partial charge in [0.05, 0.1) is 0 Å². The van der Waals surface area contributed by atoms with E-state index in [1.54, 1.807) is 0 Å². The van der Waals surface area contributed by atoms with Crippen molar-refractivity contribution in [1.82, 2.24) is 0 Å². The van der Waals surface area contributed by atoms with Crippen molar-refractivity contribution in [2.75, 3.05) is 0 Å². The van der Waals surface area contributed by atoms with Gasteiger partial charge in [0.1, 0.15) is 6.29 Å². The van der Waals surface area contributed by atoms with E-state index in [1.165, 1.54) is 11.1 Å². The number of carbonyl (C=O) groups excluding carboxylic acids is 1. The van der Waals surface area contributed by atoms with Crippen LogP contribution in [0.1, 0.15) is 49.2 Å². The predicted molar refractivity (Wildman–Crippen MR) is 68.9 cm³/mol. The van der Waals surface area contributed by atoms with Gasteiger partial charge in [0.25, 0.3) is 0 Å². The van der Waals surface area contributed by atoms with E-state index in [-0.39, 0.29) is 0 Å². The van der Waals surface area contributed by atoms with E-state index >= 15 is 0 Å². The Morgan fingerprint density at radius 1 is 1.06 bits per heavy atom. The van der Waals surface area contributed by atoms with E-state index in [9.17, 15) is 4.79 Å². The molecule has 16 heavy (non-hydrogen) atoms. The Hall–Kier alpha value is -1.11. The summed E-state index contributed by atoms with van der Waals surface area (Å²) in [6.45, 7) is 8.82. The number of carbonyl (C=O) groups is 1. The summed E-state index contributed by atoms with van der Waals surface area (Å²) in [6.07, 6.45) is 3.04. The smallest absolute Gasteiger partial charge is 0.150 e. The summed E-state index contributed by atoms with van der Waals surface area (Å²) in [6, 6.07) is 6.07. The zero-order valence-corrected chi connectivity index (χ0v) is 10.8. The quantitative estimate of drug-likeness (QED) is 0.685. The Morgan fingerprint density at radius 2 is 1.69 bits per heavy atom. The summed E-state index contributed by atoms with van der Waals surface area (Å²) in [5.41, 5.74) is 3.46. The number of hydrogen-bond acceptors (Lipinski definition) is 1. The fourth-order valence-electron chi connectivity index (χ4n) is 2.05. The van der Waals surface area contributed by atoms with Crippen LogP contribution in [0.4, 0.5) is 0 Å². The Morgan fingerprint density at radius 3 is 2.19 bits per heavy atom. The highest BCUT2D eigenvalue weighted by molar-refractivity contribution is 5.78. The Kier molecular flexibility index (Phi) is 4.72. The van der Waals surface area contributed by atoms with Gasteiger partial charge in [-0.2, -0.15) is 0 Å². The monoisotopic (exact) mass is 218 g/mol. The first kappa shape index (κ1) is 13.0. The highest BCUT2D eigenvalue weighted by Crippen LogP contribution is 2.20. The number of benzene rings is 1. The van der Waals surface area contributed by atoms with Gasteiger partial charge in [0, 0.05) is 5.56 Å². The third-order valence-corrected chi connectivity index (χ3v) is 2.68. The zero-order chi connectivity index (χ0) is 12.1. The van der Waals surface area contributed by atoms with Crippen LogP contribution in [0.5, 0.6) is 0 Å². The van der Waals surface area contributed by atoms with E-state index < -0.39 is 0 Å². The van der Waals surface area contributed by atoms with Crippen LogP contribution in [-0.4, -0.2) is 6.29 Å². The SMILES string of the molecule is CC(C)Cc1cccc(C=O)c1CC(C)C. The second-order valence-corrected chi connectivity index (χ2v) is 5.30. The highest BCUT2D eigenvalue weighted by Gasteiger charge is 2.10. The van der Waals surface area contributed by atoms with Gasteiger partial charge in [-0.1, -0.05) is 45.9 Å². The molecular formula is C15H22O. The molecule has 88 valence electrons. The molecule has 0 unspecified atom stereocenters. The molecule has 1 nitrogen and oxygen atoms in total. The molecule has 0 spiro atoms. The first-order valence-electron chi connectivity index (χ1n) is 6.10. The second kappa shape index (κ2) is 5.83. The molecule has 0 heterocycles. The minimum atomic E-state index is 0.590. The van der Waals surface area contributed by atoms with Crippen LogP contribution in [0, 0.1) is 11.8 Å². The largest absolute Gasteiger partial charge is 0.298 e. The van der Waals surface area contributed by atoms with E-state index in [2.05, 4.69) is 33.8 Å². The topological polar surface area (TPSA) is 17.1 Å². The van der Waals surface area contributed by atoms with Gasteiger partial charge < -0.3 is 0 Å². The van der Waals surface area contributed by atoms with Crippen LogP contribution in [0.2, 0.25) is 0 Å². The number of rotatable bonds is 5.